The number of hydrogen-bond acceptors (Lipinski definition) is 6. The second kappa shape index (κ2) is 8.42. The Bertz CT molecular complexity index is 1010. The predicted molar refractivity (Wildman–Crippen MR) is 105 cm³/mol. The van der Waals surface area contributed by atoms with E-state index < -0.39 is 18.0 Å². The highest BCUT2D eigenvalue weighted by atomic mass is 32.2. The van der Waals surface area contributed by atoms with Crippen molar-refractivity contribution in [1.29, 1.82) is 0 Å². The number of carbonyl (C=O) groups is 2. The molecule has 7 nitrogen and oxygen atoms in total. The van der Waals surface area contributed by atoms with Crippen LogP contribution in [0.5, 0.6) is 5.75 Å². The van der Waals surface area contributed by atoms with Crippen LogP contribution in [0.1, 0.15) is 22.9 Å². The van der Waals surface area contributed by atoms with E-state index in [0.717, 1.165) is 26.7 Å². The van der Waals surface area contributed by atoms with Crippen molar-refractivity contribution in [2.75, 3.05) is 0 Å². The van der Waals surface area contributed by atoms with E-state index in [9.17, 15) is 9.59 Å². The van der Waals surface area contributed by atoms with Gasteiger partial charge in [0.05, 0.1) is 17.8 Å². The molecule has 29 heavy (non-hydrogen) atoms. The van der Waals surface area contributed by atoms with Gasteiger partial charge in [-0.15, -0.1) is 0 Å². The summed E-state index contributed by atoms with van der Waals surface area (Å²) in [5.74, 6) is 0.711. The molecule has 1 fully saturated rings. The van der Waals surface area contributed by atoms with E-state index in [2.05, 4.69) is 10.6 Å². The first-order valence-corrected chi connectivity index (χ1v) is 9.72. The molecule has 3 N–H and O–H groups in total. The Morgan fingerprint density at radius 3 is 2.38 bits per heavy atom. The van der Waals surface area contributed by atoms with E-state index in [1.807, 2.05) is 48.5 Å². The smallest absolute Gasteiger partial charge is 0.322 e. The molecule has 3 amide bonds. The molecule has 8 heteroatoms. The van der Waals surface area contributed by atoms with E-state index in [4.69, 9.17) is 14.3 Å². The first kappa shape index (κ1) is 19.1. The first-order chi connectivity index (χ1) is 14.1. The molecule has 0 bridgehead atoms. The molecule has 1 saturated heterocycles. The van der Waals surface area contributed by atoms with Gasteiger partial charge < -0.3 is 19.6 Å². The monoisotopic (exact) mass is 410 g/mol. The molecule has 148 valence electrons. The third-order valence-electron chi connectivity index (χ3n) is 4.36. The largest absolute Gasteiger partial charge is 0.489 e. The minimum atomic E-state index is -0.820. The topological polar surface area (TPSA) is 101 Å². The van der Waals surface area contributed by atoms with Crippen LogP contribution in [0.4, 0.5) is 4.79 Å². The lowest BCUT2D eigenvalue weighted by molar-refractivity contribution is -0.120. The number of furan rings is 1. The third kappa shape index (κ3) is 4.44. The van der Waals surface area contributed by atoms with E-state index in [-0.39, 0.29) is 6.61 Å². The van der Waals surface area contributed by atoms with Crippen LogP contribution in [0, 0.1) is 0 Å². The lowest BCUT2D eigenvalue weighted by atomic mass is 10.1. The number of rotatable bonds is 7. The molecule has 0 radical (unpaired) electrons. The standard InChI is InChI=1S/C21H18N2O5S/c24-11-13-1-3-14(4-2-13)12-28-15-5-7-16(8-6-15)29-17-9-10-27-19(17)18-20(25)23-21(26)22-18/h1-10,18,24H,11-12H2,(H2,22,23,25,26). The van der Waals surface area contributed by atoms with E-state index in [1.165, 1.54) is 18.0 Å². The molecule has 3 aromatic rings. The second-order valence-corrected chi connectivity index (χ2v) is 7.50. The summed E-state index contributed by atoms with van der Waals surface area (Å²) in [5, 5.41) is 13.8. The molecular weight excluding hydrogens is 392 g/mol. The SMILES string of the molecule is O=C1NC(=O)C(c2occc2Sc2ccc(OCc3ccc(CO)cc3)cc2)N1. The minimum Gasteiger partial charge on any atom is -0.489 e. The normalized spacial score (nSPS) is 15.8. The van der Waals surface area contributed by atoms with Crippen molar-refractivity contribution < 1.29 is 23.8 Å². The average Bonchev–Trinajstić information content (AvgIpc) is 3.33. The zero-order chi connectivity index (χ0) is 20.2. The van der Waals surface area contributed by atoms with Crippen molar-refractivity contribution in [3.63, 3.8) is 0 Å². The molecule has 1 atom stereocenters. The van der Waals surface area contributed by atoms with Crippen LogP contribution < -0.4 is 15.4 Å². The average molecular weight is 410 g/mol. The number of aliphatic hydroxyl groups is 1. The number of imide groups is 1. The van der Waals surface area contributed by atoms with Gasteiger partial charge in [0.2, 0.25) is 0 Å². The lowest BCUT2D eigenvalue weighted by Crippen LogP contribution is -2.22. The summed E-state index contributed by atoms with van der Waals surface area (Å²) in [4.78, 5) is 24.9. The third-order valence-corrected chi connectivity index (χ3v) is 5.42. The van der Waals surface area contributed by atoms with Gasteiger partial charge in [-0.2, -0.15) is 0 Å². The van der Waals surface area contributed by atoms with Gasteiger partial charge in [0.25, 0.3) is 5.91 Å². The molecule has 1 aliphatic heterocycles. The summed E-state index contributed by atoms with van der Waals surface area (Å²) >= 11 is 1.43. The van der Waals surface area contributed by atoms with Crippen LogP contribution in [-0.4, -0.2) is 17.0 Å². The van der Waals surface area contributed by atoms with Gasteiger partial charge in [-0.25, -0.2) is 4.79 Å². The van der Waals surface area contributed by atoms with Crippen molar-refractivity contribution in [3.8, 4) is 5.75 Å². The van der Waals surface area contributed by atoms with Crippen LogP contribution in [-0.2, 0) is 18.0 Å². The minimum absolute atomic E-state index is 0.0242. The zero-order valence-corrected chi connectivity index (χ0v) is 16.1. The summed E-state index contributed by atoms with van der Waals surface area (Å²) in [6.07, 6.45) is 1.50. The van der Waals surface area contributed by atoms with Crippen LogP contribution in [0.15, 0.2) is 75.1 Å². The predicted octanol–water partition coefficient (Wildman–Crippen LogP) is 3.38. The Labute approximate surface area is 171 Å². The fourth-order valence-electron chi connectivity index (χ4n) is 2.84. The molecule has 1 aliphatic rings. The summed E-state index contributed by atoms with van der Waals surface area (Å²) in [5.41, 5.74) is 1.88. The van der Waals surface area contributed by atoms with Crippen LogP contribution in [0.2, 0.25) is 0 Å². The molecule has 2 aromatic carbocycles. The van der Waals surface area contributed by atoms with Crippen molar-refractivity contribution in [2.45, 2.75) is 29.0 Å². The number of benzene rings is 2. The van der Waals surface area contributed by atoms with Crippen LogP contribution in [0.25, 0.3) is 0 Å². The maximum absolute atomic E-state index is 11.9. The number of aliphatic hydroxyl groups excluding tert-OH is 1. The zero-order valence-electron chi connectivity index (χ0n) is 15.3. The van der Waals surface area contributed by atoms with Gasteiger partial charge in [0, 0.05) is 4.90 Å². The number of hydrogen-bond donors (Lipinski definition) is 3. The lowest BCUT2D eigenvalue weighted by Gasteiger charge is -2.09. The molecule has 1 aromatic heterocycles. The number of carbonyl (C=O) groups excluding carboxylic acids is 2. The second-order valence-electron chi connectivity index (χ2n) is 6.38. The van der Waals surface area contributed by atoms with Crippen LogP contribution in [0.3, 0.4) is 0 Å². The quantitative estimate of drug-likeness (QED) is 0.516. The molecular formula is C21H18N2O5S. The highest BCUT2D eigenvalue weighted by Crippen LogP contribution is 2.35. The molecule has 2 heterocycles. The Kier molecular flexibility index (Phi) is 5.55. The van der Waals surface area contributed by atoms with E-state index in [1.54, 1.807) is 6.07 Å². The fourth-order valence-corrected chi connectivity index (χ4v) is 3.76. The molecule has 0 saturated carbocycles. The van der Waals surface area contributed by atoms with Gasteiger partial charge in [-0.1, -0.05) is 36.0 Å². The van der Waals surface area contributed by atoms with Gasteiger partial charge in [-0.3, -0.25) is 10.1 Å². The number of ether oxygens (including phenoxy) is 1. The summed E-state index contributed by atoms with van der Waals surface area (Å²) < 4.78 is 11.2. The van der Waals surface area contributed by atoms with Gasteiger partial charge in [0.1, 0.15) is 18.1 Å². The summed E-state index contributed by atoms with van der Waals surface area (Å²) in [7, 11) is 0. The number of nitrogens with one attached hydrogen (secondary N) is 2. The highest BCUT2D eigenvalue weighted by Gasteiger charge is 2.35. The Balaban J connectivity index is 1.38. The van der Waals surface area contributed by atoms with Crippen molar-refractivity contribution >= 4 is 23.7 Å². The van der Waals surface area contributed by atoms with Crippen molar-refractivity contribution in [1.82, 2.24) is 10.6 Å². The Morgan fingerprint density at radius 1 is 1.00 bits per heavy atom. The number of urea groups is 1. The molecule has 0 aliphatic carbocycles. The summed E-state index contributed by atoms with van der Waals surface area (Å²) in [6.45, 7) is 0.455. The van der Waals surface area contributed by atoms with Gasteiger partial charge in [-0.05, 0) is 41.5 Å². The Hall–Kier alpha value is -3.23. The highest BCUT2D eigenvalue weighted by molar-refractivity contribution is 7.99. The molecule has 0 spiro atoms. The van der Waals surface area contributed by atoms with E-state index in [0.29, 0.717) is 12.4 Å². The fraction of sp³-hybridized carbons (Fsp3) is 0.143. The van der Waals surface area contributed by atoms with E-state index >= 15 is 0 Å². The number of amides is 3. The van der Waals surface area contributed by atoms with Crippen molar-refractivity contribution in [3.05, 3.63) is 77.7 Å². The summed E-state index contributed by atoms with van der Waals surface area (Å²) in [6, 6.07) is 15.6. The van der Waals surface area contributed by atoms with Gasteiger partial charge in [0.15, 0.2) is 6.04 Å². The maximum Gasteiger partial charge on any atom is 0.322 e. The van der Waals surface area contributed by atoms with Crippen molar-refractivity contribution in [2.24, 2.45) is 0 Å². The molecule has 4 rings (SSSR count). The van der Waals surface area contributed by atoms with Crippen LogP contribution >= 0.6 is 11.8 Å². The maximum atomic E-state index is 11.9. The first-order valence-electron chi connectivity index (χ1n) is 8.90. The Morgan fingerprint density at radius 2 is 1.72 bits per heavy atom. The molecule has 1 unspecified atom stereocenters. The van der Waals surface area contributed by atoms with Gasteiger partial charge >= 0.3 is 6.03 Å².